The van der Waals surface area contributed by atoms with E-state index in [0.717, 1.165) is 29.2 Å². The van der Waals surface area contributed by atoms with Crippen LogP contribution in [0.25, 0.3) is 10.8 Å². The second-order valence-corrected chi connectivity index (χ2v) is 6.46. The number of rotatable bonds is 7. The number of carbonyl (C=O) groups is 1. The number of nitrogens with one attached hydrogen (secondary N) is 1. The lowest BCUT2D eigenvalue weighted by atomic mass is 10.1. The lowest BCUT2D eigenvalue weighted by molar-refractivity contribution is 0.199. The molecule has 2 rings (SSSR count). The zero-order valence-corrected chi connectivity index (χ0v) is 15.1. The minimum Gasteiger partial charge on any atom is -0.336 e. The van der Waals surface area contributed by atoms with Crippen LogP contribution < -0.4 is 5.32 Å². The molecule has 1 N–H and O–H groups in total. The monoisotopic (exact) mass is 328 g/mol. The summed E-state index contributed by atoms with van der Waals surface area (Å²) in [5.41, 5.74) is 1.13. The summed E-state index contributed by atoms with van der Waals surface area (Å²) in [5.74, 6) is 0. The van der Waals surface area contributed by atoms with Crippen LogP contribution in [-0.2, 0) is 6.54 Å². The normalized spacial score (nSPS) is 12.4. The molecule has 0 radical (unpaired) electrons. The molecule has 0 aliphatic carbocycles. The predicted molar refractivity (Wildman–Crippen MR) is 99.0 cm³/mol. The van der Waals surface area contributed by atoms with E-state index in [0.29, 0.717) is 19.1 Å². The largest absolute Gasteiger partial charge is 0.336 e. The third-order valence-electron chi connectivity index (χ3n) is 4.37. The van der Waals surface area contributed by atoms with E-state index in [4.69, 9.17) is 0 Å². The molecule has 1 aromatic carbocycles. The second kappa shape index (κ2) is 8.64. The Morgan fingerprint density at radius 1 is 1.25 bits per heavy atom. The molecule has 0 fully saturated rings. The fourth-order valence-corrected chi connectivity index (χ4v) is 2.87. The van der Waals surface area contributed by atoms with E-state index in [1.165, 1.54) is 0 Å². The SMILES string of the molecule is CCCC(CNC(=O)N(C)Cc1cccc2cnccc12)N(C)C. The molecule has 1 aromatic heterocycles. The van der Waals surface area contributed by atoms with Gasteiger partial charge in [-0.15, -0.1) is 0 Å². The maximum absolute atomic E-state index is 12.4. The summed E-state index contributed by atoms with van der Waals surface area (Å²) < 4.78 is 0. The first kappa shape index (κ1) is 18.2. The minimum atomic E-state index is -0.0380. The average Bonchev–Trinajstić information content (AvgIpc) is 2.58. The van der Waals surface area contributed by atoms with Crippen molar-refractivity contribution in [3.05, 3.63) is 42.2 Å². The molecule has 1 unspecified atom stereocenters. The summed E-state index contributed by atoms with van der Waals surface area (Å²) in [6, 6.07) is 8.44. The van der Waals surface area contributed by atoms with Crippen molar-refractivity contribution in [2.75, 3.05) is 27.7 Å². The molecular weight excluding hydrogens is 300 g/mol. The Morgan fingerprint density at radius 3 is 2.75 bits per heavy atom. The van der Waals surface area contributed by atoms with Crippen molar-refractivity contribution in [1.29, 1.82) is 0 Å². The number of aromatic nitrogens is 1. The van der Waals surface area contributed by atoms with Gasteiger partial charge in [0.25, 0.3) is 0 Å². The van der Waals surface area contributed by atoms with Crippen molar-refractivity contribution in [2.45, 2.75) is 32.4 Å². The van der Waals surface area contributed by atoms with E-state index in [2.05, 4.69) is 42.3 Å². The van der Waals surface area contributed by atoms with Crippen LogP contribution >= 0.6 is 0 Å². The number of pyridine rings is 1. The molecule has 1 heterocycles. The predicted octanol–water partition coefficient (Wildman–Crippen LogP) is 3.11. The Bertz CT molecular complexity index is 666. The fourth-order valence-electron chi connectivity index (χ4n) is 2.87. The maximum Gasteiger partial charge on any atom is 0.317 e. The number of nitrogens with zero attached hydrogens (tertiary/aromatic N) is 3. The van der Waals surface area contributed by atoms with Crippen molar-refractivity contribution in [1.82, 2.24) is 20.1 Å². The summed E-state index contributed by atoms with van der Waals surface area (Å²) in [6.07, 6.45) is 5.83. The molecule has 0 aliphatic rings. The van der Waals surface area contributed by atoms with Crippen molar-refractivity contribution in [3.63, 3.8) is 0 Å². The van der Waals surface area contributed by atoms with Crippen molar-refractivity contribution >= 4 is 16.8 Å². The summed E-state index contributed by atoms with van der Waals surface area (Å²) in [5, 5.41) is 5.29. The Balaban J connectivity index is 1.98. The Morgan fingerprint density at radius 2 is 2.04 bits per heavy atom. The number of benzene rings is 1. The topological polar surface area (TPSA) is 48.5 Å². The average molecular weight is 328 g/mol. The molecule has 0 saturated carbocycles. The van der Waals surface area contributed by atoms with E-state index in [1.54, 1.807) is 11.1 Å². The van der Waals surface area contributed by atoms with E-state index in [-0.39, 0.29) is 6.03 Å². The number of carbonyl (C=O) groups excluding carboxylic acids is 1. The molecule has 2 amide bonds. The van der Waals surface area contributed by atoms with Gasteiger partial charge in [-0.25, -0.2) is 4.79 Å². The van der Waals surface area contributed by atoms with Gasteiger partial charge in [0.15, 0.2) is 0 Å². The summed E-state index contributed by atoms with van der Waals surface area (Å²) in [4.78, 5) is 20.5. The van der Waals surface area contributed by atoms with Gasteiger partial charge in [-0.1, -0.05) is 31.5 Å². The Labute approximate surface area is 144 Å². The first-order valence-corrected chi connectivity index (χ1v) is 8.50. The lowest BCUT2D eigenvalue weighted by Crippen LogP contribution is -2.44. The summed E-state index contributed by atoms with van der Waals surface area (Å²) >= 11 is 0. The van der Waals surface area contributed by atoms with E-state index < -0.39 is 0 Å². The Kier molecular flexibility index (Phi) is 6.55. The Hall–Kier alpha value is -2.14. The zero-order valence-electron chi connectivity index (χ0n) is 15.1. The number of fused-ring (bicyclic) bond motifs is 1. The highest BCUT2D eigenvalue weighted by atomic mass is 16.2. The maximum atomic E-state index is 12.4. The van der Waals surface area contributed by atoms with Gasteiger partial charge in [-0.3, -0.25) is 4.98 Å². The third kappa shape index (κ3) is 4.68. The van der Waals surface area contributed by atoms with E-state index in [9.17, 15) is 4.79 Å². The fraction of sp³-hybridized carbons (Fsp3) is 0.474. The van der Waals surface area contributed by atoms with Crippen molar-refractivity contribution < 1.29 is 4.79 Å². The highest BCUT2D eigenvalue weighted by Crippen LogP contribution is 2.18. The second-order valence-electron chi connectivity index (χ2n) is 6.46. The summed E-state index contributed by atoms with van der Waals surface area (Å²) in [6.45, 7) is 3.41. The molecule has 24 heavy (non-hydrogen) atoms. The van der Waals surface area contributed by atoms with E-state index >= 15 is 0 Å². The smallest absolute Gasteiger partial charge is 0.317 e. The van der Waals surface area contributed by atoms with Crippen LogP contribution in [0.3, 0.4) is 0 Å². The zero-order chi connectivity index (χ0) is 17.5. The molecule has 0 saturated heterocycles. The van der Waals surface area contributed by atoms with Gasteiger partial charge < -0.3 is 15.1 Å². The first-order valence-electron chi connectivity index (χ1n) is 8.50. The number of urea groups is 1. The molecule has 2 aromatic rings. The van der Waals surface area contributed by atoms with Gasteiger partial charge in [0.1, 0.15) is 0 Å². The van der Waals surface area contributed by atoms with Crippen LogP contribution in [0.1, 0.15) is 25.3 Å². The quantitative estimate of drug-likeness (QED) is 0.849. The van der Waals surface area contributed by atoms with Gasteiger partial charge in [0.2, 0.25) is 0 Å². The number of hydrogen-bond acceptors (Lipinski definition) is 3. The van der Waals surface area contributed by atoms with Gasteiger partial charge in [-0.2, -0.15) is 0 Å². The molecule has 0 bridgehead atoms. The van der Waals surface area contributed by atoms with Crippen molar-refractivity contribution in [3.8, 4) is 0 Å². The van der Waals surface area contributed by atoms with Crippen LogP contribution in [0.5, 0.6) is 0 Å². The summed E-state index contributed by atoms with van der Waals surface area (Å²) in [7, 11) is 5.94. The van der Waals surface area contributed by atoms with Crippen LogP contribution in [0.15, 0.2) is 36.7 Å². The lowest BCUT2D eigenvalue weighted by Gasteiger charge is -2.26. The van der Waals surface area contributed by atoms with Crippen LogP contribution in [0.2, 0.25) is 0 Å². The highest BCUT2D eigenvalue weighted by Gasteiger charge is 2.15. The molecule has 0 aliphatic heterocycles. The molecular formula is C19H28N4O. The van der Waals surface area contributed by atoms with Gasteiger partial charge in [-0.05, 0) is 37.5 Å². The number of hydrogen-bond donors (Lipinski definition) is 1. The number of likely N-dealkylation sites (N-methyl/N-ethyl adjacent to an activating group) is 1. The van der Waals surface area contributed by atoms with Crippen molar-refractivity contribution in [2.24, 2.45) is 0 Å². The van der Waals surface area contributed by atoms with E-state index in [1.807, 2.05) is 31.4 Å². The van der Waals surface area contributed by atoms with Gasteiger partial charge >= 0.3 is 6.03 Å². The first-order chi connectivity index (χ1) is 11.5. The number of amides is 2. The molecule has 5 heteroatoms. The third-order valence-corrected chi connectivity index (χ3v) is 4.37. The molecule has 130 valence electrons. The molecule has 0 spiro atoms. The van der Waals surface area contributed by atoms with Gasteiger partial charge in [0.05, 0.1) is 0 Å². The van der Waals surface area contributed by atoms with Crippen LogP contribution in [-0.4, -0.2) is 54.5 Å². The standard InChI is InChI=1S/C19H28N4O/c1-5-7-17(22(2)3)13-21-19(24)23(4)14-16-9-6-8-15-12-20-11-10-18(15)16/h6,8-12,17H,5,7,13-14H2,1-4H3,(H,21,24). The molecule has 1 atom stereocenters. The molecule has 5 nitrogen and oxygen atoms in total. The highest BCUT2D eigenvalue weighted by molar-refractivity contribution is 5.85. The van der Waals surface area contributed by atoms with Crippen LogP contribution in [0.4, 0.5) is 4.79 Å². The van der Waals surface area contributed by atoms with Gasteiger partial charge in [0, 0.05) is 44.0 Å². The van der Waals surface area contributed by atoms with Crippen LogP contribution in [0, 0.1) is 0 Å². The minimum absolute atomic E-state index is 0.0380.